The lowest BCUT2D eigenvalue weighted by atomic mass is 10.1. The molecule has 0 aliphatic rings. The SMILES string of the molecule is COc1ccc(Cl)c2sc(N(Cc3cccnc3)C(=O)c3ccc(C)cc3)nc12. The van der Waals surface area contributed by atoms with E-state index < -0.39 is 0 Å². The lowest BCUT2D eigenvalue weighted by molar-refractivity contribution is 0.0985. The Morgan fingerprint density at radius 2 is 1.97 bits per heavy atom. The van der Waals surface area contributed by atoms with E-state index in [4.69, 9.17) is 21.3 Å². The Morgan fingerprint density at radius 3 is 2.66 bits per heavy atom. The van der Waals surface area contributed by atoms with Crippen LogP contribution >= 0.6 is 22.9 Å². The highest BCUT2D eigenvalue weighted by molar-refractivity contribution is 7.23. The van der Waals surface area contributed by atoms with Gasteiger partial charge in [-0.2, -0.15) is 0 Å². The molecular formula is C22H18ClN3O2S. The van der Waals surface area contributed by atoms with E-state index in [1.165, 1.54) is 11.3 Å². The van der Waals surface area contributed by atoms with Gasteiger partial charge in [0.2, 0.25) is 0 Å². The highest BCUT2D eigenvalue weighted by atomic mass is 35.5. The van der Waals surface area contributed by atoms with E-state index >= 15 is 0 Å². The summed E-state index contributed by atoms with van der Waals surface area (Å²) in [5.41, 5.74) is 3.24. The van der Waals surface area contributed by atoms with Crippen molar-refractivity contribution in [2.45, 2.75) is 13.5 Å². The van der Waals surface area contributed by atoms with E-state index in [-0.39, 0.29) is 5.91 Å². The van der Waals surface area contributed by atoms with E-state index in [1.807, 2.05) is 43.3 Å². The van der Waals surface area contributed by atoms with Crippen molar-refractivity contribution < 1.29 is 9.53 Å². The first kappa shape index (κ1) is 19.4. The van der Waals surface area contributed by atoms with Gasteiger partial charge in [0.1, 0.15) is 11.3 Å². The van der Waals surface area contributed by atoms with Crippen molar-refractivity contribution in [1.29, 1.82) is 0 Å². The molecule has 4 rings (SSSR count). The molecule has 0 spiro atoms. The minimum Gasteiger partial charge on any atom is -0.494 e. The molecule has 2 aromatic heterocycles. The number of hydrogen-bond acceptors (Lipinski definition) is 5. The third kappa shape index (κ3) is 3.95. The van der Waals surface area contributed by atoms with Gasteiger partial charge in [0.05, 0.1) is 23.4 Å². The smallest absolute Gasteiger partial charge is 0.260 e. The van der Waals surface area contributed by atoms with Gasteiger partial charge in [0.25, 0.3) is 5.91 Å². The quantitative estimate of drug-likeness (QED) is 0.424. The Kier molecular flexibility index (Phi) is 5.47. The fourth-order valence-electron chi connectivity index (χ4n) is 2.97. The molecule has 4 aromatic rings. The van der Waals surface area contributed by atoms with Gasteiger partial charge in [-0.25, -0.2) is 4.98 Å². The minimum atomic E-state index is -0.136. The van der Waals surface area contributed by atoms with Gasteiger partial charge in [-0.1, -0.05) is 46.7 Å². The van der Waals surface area contributed by atoms with Crippen molar-refractivity contribution >= 4 is 44.2 Å². The van der Waals surface area contributed by atoms with Gasteiger partial charge < -0.3 is 4.74 Å². The predicted octanol–water partition coefficient (Wildman–Crippen LogP) is 5.51. The van der Waals surface area contributed by atoms with Crippen LogP contribution in [0, 0.1) is 6.92 Å². The van der Waals surface area contributed by atoms with E-state index in [1.54, 1.807) is 36.5 Å². The number of aryl methyl sites for hydroxylation is 1. The molecule has 29 heavy (non-hydrogen) atoms. The second-order valence-electron chi connectivity index (χ2n) is 6.54. The fraction of sp³-hybridized carbons (Fsp3) is 0.136. The molecule has 0 atom stereocenters. The Balaban J connectivity index is 1.81. The molecule has 0 fully saturated rings. The lowest BCUT2D eigenvalue weighted by Gasteiger charge is -2.20. The minimum absolute atomic E-state index is 0.136. The molecule has 7 heteroatoms. The van der Waals surface area contributed by atoms with Crippen molar-refractivity contribution in [2.75, 3.05) is 12.0 Å². The lowest BCUT2D eigenvalue weighted by Crippen LogP contribution is -2.30. The largest absolute Gasteiger partial charge is 0.494 e. The van der Waals surface area contributed by atoms with Crippen LogP contribution in [0.25, 0.3) is 10.2 Å². The normalized spacial score (nSPS) is 10.9. The number of methoxy groups -OCH3 is 1. The zero-order chi connectivity index (χ0) is 20.4. The van der Waals surface area contributed by atoms with Crippen molar-refractivity contribution in [2.24, 2.45) is 0 Å². The third-order valence-corrected chi connectivity index (χ3v) is 6.04. The monoisotopic (exact) mass is 423 g/mol. The molecule has 0 aliphatic heterocycles. The topological polar surface area (TPSA) is 55.3 Å². The highest BCUT2D eigenvalue weighted by Crippen LogP contribution is 2.39. The number of rotatable bonds is 5. The Bertz CT molecular complexity index is 1160. The molecule has 2 aromatic carbocycles. The number of amides is 1. The zero-order valence-electron chi connectivity index (χ0n) is 15.9. The summed E-state index contributed by atoms with van der Waals surface area (Å²) in [5, 5.41) is 1.13. The number of halogens is 1. The zero-order valence-corrected chi connectivity index (χ0v) is 17.5. The molecule has 0 saturated heterocycles. The standard InChI is InChI=1S/C22H18ClN3O2S/c1-14-5-7-16(8-6-14)21(27)26(13-15-4-3-11-24-12-15)22-25-19-18(28-2)10-9-17(23)20(19)29-22/h3-12H,13H2,1-2H3. The first-order chi connectivity index (χ1) is 14.1. The van der Waals surface area contributed by atoms with Gasteiger partial charge in [0.15, 0.2) is 5.13 Å². The van der Waals surface area contributed by atoms with Crippen LogP contribution in [0.2, 0.25) is 5.02 Å². The number of benzene rings is 2. The Labute approximate surface area is 177 Å². The molecule has 146 valence electrons. The van der Waals surface area contributed by atoms with Crippen LogP contribution in [0.15, 0.2) is 60.9 Å². The number of carbonyl (C=O) groups is 1. The summed E-state index contributed by atoms with van der Waals surface area (Å²) in [6.45, 7) is 2.34. The number of aromatic nitrogens is 2. The number of carbonyl (C=O) groups excluding carboxylic acids is 1. The summed E-state index contributed by atoms with van der Waals surface area (Å²) in [6.07, 6.45) is 3.45. The second kappa shape index (κ2) is 8.19. The molecular weight excluding hydrogens is 406 g/mol. The van der Waals surface area contributed by atoms with Crippen molar-refractivity contribution in [3.05, 3.63) is 82.6 Å². The maximum atomic E-state index is 13.4. The molecule has 5 nitrogen and oxygen atoms in total. The van der Waals surface area contributed by atoms with E-state index in [0.717, 1.165) is 15.8 Å². The molecule has 0 unspecified atom stereocenters. The fourth-order valence-corrected chi connectivity index (χ4v) is 4.23. The van der Waals surface area contributed by atoms with Crippen molar-refractivity contribution in [3.63, 3.8) is 0 Å². The molecule has 2 heterocycles. The van der Waals surface area contributed by atoms with Crippen LogP contribution in [-0.2, 0) is 6.54 Å². The summed E-state index contributed by atoms with van der Waals surface area (Å²) in [6, 6.07) is 14.8. The van der Waals surface area contributed by atoms with Crippen LogP contribution < -0.4 is 9.64 Å². The highest BCUT2D eigenvalue weighted by Gasteiger charge is 2.23. The average Bonchev–Trinajstić information content (AvgIpc) is 3.19. The number of hydrogen-bond donors (Lipinski definition) is 0. The van der Waals surface area contributed by atoms with E-state index in [2.05, 4.69) is 4.98 Å². The summed E-state index contributed by atoms with van der Waals surface area (Å²) < 4.78 is 6.21. The second-order valence-corrected chi connectivity index (χ2v) is 7.93. The summed E-state index contributed by atoms with van der Waals surface area (Å²) in [7, 11) is 1.59. The third-order valence-electron chi connectivity index (χ3n) is 4.51. The molecule has 0 bridgehead atoms. The van der Waals surface area contributed by atoms with Gasteiger partial charge in [-0.15, -0.1) is 0 Å². The Morgan fingerprint density at radius 1 is 1.17 bits per heavy atom. The average molecular weight is 424 g/mol. The Hall–Kier alpha value is -2.96. The van der Waals surface area contributed by atoms with Gasteiger partial charge in [-0.05, 0) is 42.8 Å². The van der Waals surface area contributed by atoms with Crippen LogP contribution in [-0.4, -0.2) is 23.0 Å². The maximum Gasteiger partial charge on any atom is 0.260 e. The number of nitrogens with zero attached hydrogens (tertiary/aromatic N) is 3. The summed E-state index contributed by atoms with van der Waals surface area (Å²) in [5.74, 6) is 0.485. The number of anilines is 1. The van der Waals surface area contributed by atoms with Crippen LogP contribution in [0.3, 0.4) is 0 Å². The molecule has 0 N–H and O–H groups in total. The van der Waals surface area contributed by atoms with Crippen molar-refractivity contribution in [3.8, 4) is 5.75 Å². The van der Waals surface area contributed by atoms with Crippen LogP contribution in [0.5, 0.6) is 5.75 Å². The number of ether oxygens (including phenoxy) is 1. The van der Waals surface area contributed by atoms with Crippen LogP contribution in [0.4, 0.5) is 5.13 Å². The number of pyridine rings is 1. The van der Waals surface area contributed by atoms with Gasteiger partial charge >= 0.3 is 0 Å². The maximum absolute atomic E-state index is 13.4. The number of thiazole rings is 1. The first-order valence-corrected chi connectivity index (χ1v) is 10.2. The predicted molar refractivity (Wildman–Crippen MR) is 117 cm³/mol. The van der Waals surface area contributed by atoms with Gasteiger partial charge in [-0.3, -0.25) is 14.7 Å². The summed E-state index contributed by atoms with van der Waals surface area (Å²) in [4.78, 5) is 23.9. The molecule has 0 radical (unpaired) electrons. The molecule has 1 amide bonds. The molecule has 0 saturated carbocycles. The van der Waals surface area contributed by atoms with E-state index in [0.29, 0.717) is 33.5 Å². The van der Waals surface area contributed by atoms with Crippen LogP contribution in [0.1, 0.15) is 21.5 Å². The summed E-state index contributed by atoms with van der Waals surface area (Å²) >= 11 is 7.75. The first-order valence-electron chi connectivity index (χ1n) is 8.97. The van der Waals surface area contributed by atoms with Crippen molar-refractivity contribution in [1.82, 2.24) is 9.97 Å². The van der Waals surface area contributed by atoms with E-state index in [9.17, 15) is 4.79 Å². The number of fused-ring (bicyclic) bond motifs is 1. The molecule has 0 aliphatic carbocycles. The van der Waals surface area contributed by atoms with Gasteiger partial charge in [0, 0.05) is 18.0 Å².